The van der Waals surface area contributed by atoms with Crippen molar-refractivity contribution in [3.8, 4) is 35.7 Å². The Morgan fingerprint density at radius 1 is 0.712 bits per heavy atom. The first kappa shape index (κ1) is 46.3. The fourth-order valence-corrected chi connectivity index (χ4v) is 6.01. The third-order valence-electron chi connectivity index (χ3n) is 8.55. The molecule has 2 aliphatic heterocycles. The molecule has 0 saturated carbocycles. The number of terminal acetylenes is 1. The van der Waals surface area contributed by atoms with E-state index >= 15 is 0 Å². The van der Waals surface area contributed by atoms with Crippen LogP contribution in [0, 0.1) is 27.8 Å². The number of aliphatic hydroxyl groups excluding tert-OH is 2. The number of aromatic nitrogens is 2. The molecule has 4 aromatic rings. The van der Waals surface area contributed by atoms with E-state index in [2.05, 4.69) is 50.3 Å². The van der Waals surface area contributed by atoms with Crippen LogP contribution in [-0.4, -0.2) is 91.8 Å². The van der Waals surface area contributed by atoms with Gasteiger partial charge in [-0.25, -0.2) is 9.59 Å². The zero-order valence-corrected chi connectivity index (χ0v) is 36.6. The Kier molecular flexibility index (Phi) is 17.4. The zero-order valence-electron chi connectivity index (χ0n) is 34.5. The average molecular weight is 917 g/mol. The number of nitrogens with zero attached hydrogens (tertiary/aromatic N) is 4. The highest BCUT2D eigenvalue weighted by molar-refractivity contribution is 14.1. The van der Waals surface area contributed by atoms with Crippen LogP contribution in [0.15, 0.2) is 85.5 Å². The lowest BCUT2D eigenvalue weighted by molar-refractivity contribution is -0.0149. The maximum absolute atomic E-state index is 12.2. The highest BCUT2D eigenvalue weighted by Crippen LogP contribution is 2.24. The Morgan fingerprint density at radius 3 is 1.63 bits per heavy atom. The van der Waals surface area contributed by atoms with E-state index in [0.717, 1.165) is 35.1 Å². The third kappa shape index (κ3) is 16.1. The van der Waals surface area contributed by atoms with Gasteiger partial charge in [0.1, 0.15) is 35.9 Å². The SMILES string of the molecule is C#Cc1cncc(OC[C@@H]2CCN2C(=O)OC(C)(C)C)c1.CC(C)(C)OC(=O)N1CC[C@H]1COc1cncc(C#Cc2cccc(CO)c2)c1.OCc1cccc(I)c1. The van der Waals surface area contributed by atoms with E-state index in [1.54, 1.807) is 40.7 Å². The predicted octanol–water partition coefficient (Wildman–Crippen LogP) is 7.60. The molecule has 13 heteroatoms. The molecule has 2 N–H and O–H groups in total. The molecule has 12 nitrogen and oxygen atoms in total. The molecule has 312 valence electrons. The van der Waals surface area contributed by atoms with Crippen molar-refractivity contribution in [1.82, 2.24) is 19.8 Å². The van der Waals surface area contributed by atoms with Crippen molar-refractivity contribution in [2.24, 2.45) is 0 Å². The minimum Gasteiger partial charge on any atom is -0.490 e. The van der Waals surface area contributed by atoms with Crippen molar-refractivity contribution in [1.29, 1.82) is 0 Å². The van der Waals surface area contributed by atoms with Gasteiger partial charge >= 0.3 is 12.2 Å². The number of ether oxygens (including phenoxy) is 4. The third-order valence-corrected chi connectivity index (χ3v) is 9.23. The summed E-state index contributed by atoms with van der Waals surface area (Å²) in [7, 11) is 0. The minimum atomic E-state index is -0.508. The molecule has 0 spiro atoms. The number of amides is 2. The number of aliphatic hydroxyl groups is 2. The second kappa shape index (κ2) is 22.1. The van der Waals surface area contributed by atoms with Crippen molar-refractivity contribution in [3.05, 3.63) is 117 Å². The highest BCUT2D eigenvalue weighted by atomic mass is 127. The monoisotopic (exact) mass is 916 g/mol. The van der Waals surface area contributed by atoms with Gasteiger partial charge in [0, 0.05) is 45.7 Å². The molecule has 2 amide bonds. The minimum absolute atomic E-state index is 0.000752. The molecule has 2 fully saturated rings. The first-order valence-corrected chi connectivity index (χ1v) is 20.3. The van der Waals surface area contributed by atoms with E-state index in [1.165, 1.54) is 3.57 Å². The second-order valence-electron chi connectivity index (χ2n) is 15.7. The van der Waals surface area contributed by atoms with Crippen molar-refractivity contribution in [2.45, 2.75) is 90.9 Å². The molecule has 0 bridgehead atoms. The molecule has 2 saturated heterocycles. The van der Waals surface area contributed by atoms with Crippen LogP contribution in [0.5, 0.6) is 11.5 Å². The maximum atomic E-state index is 12.2. The molecule has 0 radical (unpaired) electrons. The number of hydrogen-bond donors (Lipinski definition) is 2. The summed E-state index contributed by atoms with van der Waals surface area (Å²) in [6, 6.07) is 18.9. The quantitative estimate of drug-likeness (QED) is 0.134. The summed E-state index contributed by atoms with van der Waals surface area (Å²) in [5.74, 6) is 9.86. The van der Waals surface area contributed by atoms with E-state index in [4.69, 9.17) is 30.5 Å². The second-order valence-corrected chi connectivity index (χ2v) is 17.0. The largest absolute Gasteiger partial charge is 0.490 e. The van der Waals surface area contributed by atoms with Gasteiger partial charge < -0.3 is 39.0 Å². The molecule has 0 unspecified atom stereocenters. The summed E-state index contributed by atoms with van der Waals surface area (Å²) in [4.78, 5) is 35.7. The number of rotatable bonds is 8. The van der Waals surface area contributed by atoms with Gasteiger partial charge in [-0.1, -0.05) is 42.0 Å². The number of likely N-dealkylation sites (tertiary alicyclic amines) is 2. The summed E-state index contributed by atoms with van der Waals surface area (Å²) >= 11 is 2.22. The first-order chi connectivity index (χ1) is 28.0. The van der Waals surface area contributed by atoms with Crippen molar-refractivity contribution < 1.29 is 38.7 Å². The Labute approximate surface area is 361 Å². The van der Waals surface area contributed by atoms with Crippen LogP contribution in [0.2, 0.25) is 0 Å². The Hall–Kier alpha value is -5.35. The molecule has 6 rings (SSSR count). The fraction of sp³-hybridized carbons (Fsp3) is 0.391. The molecule has 2 aromatic carbocycles. The lowest BCUT2D eigenvalue weighted by Crippen LogP contribution is -2.55. The van der Waals surface area contributed by atoms with Crippen molar-refractivity contribution in [2.75, 3.05) is 26.3 Å². The summed E-state index contributed by atoms with van der Waals surface area (Å²) in [6.07, 6.45) is 13.0. The zero-order chi connectivity index (χ0) is 43.0. The van der Waals surface area contributed by atoms with Gasteiger partial charge in [0.2, 0.25) is 0 Å². The van der Waals surface area contributed by atoms with Gasteiger partial charge in [-0.05, 0) is 125 Å². The van der Waals surface area contributed by atoms with E-state index in [1.807, 2.05) is 96.1 Å². The van der Waals surface area contributed by atoms with E-state index in [-0.39, 0.29) is 37.5 Å². The average Bonchev–Trinajstić information content (AvgIpc) is 3.15. The van der Waals surface area contributed by atoms with Crippen molar-refractivity contribution in [3.63, 3.8) is 0 Å². The summed E-state index contributed by atoms with van der Waals surface area (Å²) in [5, 5.41) is 17.9. The molecule has 2 aromatic heterocycles. The molecule has 4 heterocycles. The topological polar surface area (TPSA) is 144 Å². The van der Waals surface area contributed by atoms with Gasteiger partial charge in [0.25, 0.3) is 0 Å². The van der Waals surface area contributed by atoms with E-state index in [9.17, 15) is 14.7 Å². The van der Waals surface area contributed by atoms with Crippen LogP contribution in [0.1, 0.15) is 82.2 Å². The molecular formula is C46H53IN4O8. The number of carbonyl (C=O) groups excluding carboxylic acids is 2. The van der Waals surface area contributed by atoms with Crippen LogP contribution in [0.25, 0.3) is 0 Å². The lowest BCUT2D eigenvalue weighted by atomic mass is 10.1. The normalized spacial score (nSPS) is 15.5. The van der Waals surface area contributed by atoms with Gasteiger partial charge in [0.05, 0.1) is 37.7 Å². The highest BCUT2D eigenvalue weighted by Gasteiger charge is 2.36. The van der Waals surface area contributed by atoms with Gasteiger partial charge in [-0.15, -0.1) is 6.42 Å². The molecular weight excluding hydrogens is 863 g/mol. The van der Waals surface area contributed by atoms with E-state index in [0.29, 0.717) is 43.4 Å². The number of carbonyl (C=O) groups is 2. The number of halogens is 1. The Bertz CT molecular complexity index is 2110. The smallest absolute Gasteiger partial charge is 0.410 e. The molecule has 2 aliphatic rings. The number of benzene rings is 2. The molecule has 0 aliphatic carbocycles. The van der Waals surface area contributed by atoms with Crippen LogP contribution < -0.4 is 9.47 Å². The molecule has 2 atom stereocenters. The van der Waals surface area contributed by atoms with Crippen LogP contribution in [0.4, 0.5) is 9.59 Å². The predicted molar refractivity (Wildman–Crippen MR) is 234 cm³/mol. The standard InChI is InChI=1S/C23H26N2O4.C16H20N2O3.C7H7IO/c1-23(2,3)29-22(27)25-10-9-20(25)16-28-21-12-18(13-24-14-21)8-7-17-5-4-6-19(11-17)15-26;1-5-12-8-14(10-17-9-12)20-11-13-6-7-18(13)15(19)21-16(2,3)4;8-7-3-1-2-6(4-7)5-9/h4-6,11-14,20,26H,9-10,15-16H2,1-3H3;1,8-10,13H,6-7,11H2,2-4H3;1-4,9H,5H2/t20-;13-;/m00./s1. The van der Waals surface area contributed by atoms with Gasteiger partial charge in [-0.3, -0.25) is 9.97 Å². The maximum Gasteiger partial charge on any atom is 0.410 e. The first-order valence-electron chi connectivity index (χ1n) is 19.2. The summed E-state index contributed by atoms with van der Waals surface area (Å²) in [5.41, 5.74) is 3.03. The van der Waals surface area contributed by atoms with E-state index < -0.39 is 11.2 Å². The summed E-state index contributed by atoms with van der Waals surface area (Å²) in [6.45, 7) is 13.4. The Morgan fingerprint density at radius 2 is 1.19 bits per heavy atom. The Balaban J connectivity index is 0.000000222. The number of pyridine rings is 2. The molecule has 59 heavy (non-hydrogen) atoms. The van der Waals surface area contributed by atoms with Crippen LogP contribution >= 0.6 is 22.6 Å². The van der Waals surface area contributed by atoms with Crippen LogP contribution in [-0.2, 0) is 22.7 Å². The van der Waals surface area contributed by atoms with Crippen molar-refractivity contribution >= 4 is 34.8 Å². The van der Waals surface area contributed by atoms with Gasteiger partial charge in [0.15, 0.2) is 0 Å². The fourth-order valence-electron chi connectivity index (χ4n) is 5.40. The van der Waals surface area contributed by atoms with Gasteiger partial charge in [-0.2, -0.15) is 0 Å². The summed E-state index contributed by atoms with van der Waals surface area (Å²) < 4.78 is 23.4. The lowest BCUT2D eigenvalue weighted by Gasteiger charge is -2.40. The number of hydrogen-bond acceptors (Lipinski definition) is 10. The van der Waals surface area contributed by atoms with Crippen LogP contribution in [0.3, 0.4) is 0 Å².